The number of aromatic nitrogens is 1. The predicted octanol–water partition coefficient (Wildman–Crippen LogP) is 2.83. The highest BCUT2D eigenvalue weighted by Crippen LogP contribution is 2.34. The van der Waals surface area contributed by atoms with Crippen molar-refractivity contribution in [2.45, 2.75) is 44.0 Å². The molecule has 1 atom stereocenters. The molecular formula is C18H25N3O3S2. The van der Waals surface area contributed by atoms with Crippen molar-refractivity contribution in [3.05, 3.63) is 18.2 Å². The Balaban J connectivity index is 1.86. The van der Waals surface area contributed by atoms with E-state index in [4.69, 9.17) is 0 Å². The number of hydrogen-bond acceptors (Lipinski definition) is 6. The number of carbonyl (C=O) groups excluding carboxylic acids is 1. The largest absolute Gasteiger partial charge is 0.351 e. The third kappa shape index (κ3) is 4.17. The van der Waals surface area contributed by atoms with Crippen LogP contribution < -0.4 is 10.2 Å². The smallest absolute Gasteiger partial charge is 0.225 e. The van der Waals surface area contributed by atoms with Gasteiger partial charge in [-0.05, 0) is 45.7 Å². The molecule has 1 aromatic carbocycles. The third-order valence-corrected chi connectivity index (χ3v) is 6.54. The number of piperidine rings is 1. The van der Waals surface area contributed by atoms with E-state index in [-0.39, 0.29) is 22.3 Å². The molecule has 0 bridgehead atoms. The molecule has 0 aliphatic carbocycles. The van der Waals surface area contributed by atoms with Crippen LogP contribution in [0.5, 0.6) is 0 Å². The Kier molecular flexibility index (Phi) is 5.00. The standard InChI is InChI=1S/C18H25N3O3S2/c1-18(2,3)20-16(22)12-7-6-10-21(11-12)17-19-15-13(25-17)8-5-9-14(15)26(4,23)24/h5,8-9,12H,6-7,10-11H2,1-4H3,(H,20,22). The number of sulfone groups is 1. The minimum Gasteiger partial charge on any atom is -0.351 e. The summed E-state index contributed by atoms with van der Waals surface area (Å²) in [7, 11) is -3.33. The number of rotatable bonds is 3. The van der Waals surface area contributed by atoms with Gasteiger partial charge in [-0.15, -0.1) is 0 Å². The monoisotopic (exact) mass is 395 g/mol. The van der Waals surface area contributed by atoms with Crippen LogP contribution in [0.4, 0.5) is 5.13 Å². The van der Waals surface area contributed by atoms with Gasteiger partial charge in [0.25, 0.3) is 0 Å². The molecular weight excluding hydrogens is 370 g/mol. The number of carbonyl (C=O) groups is 1. The minimum absolute atomic E-state index is 0.0696. The predicted molar refractivity (Wildman–Crippen MR) is 106 cm³/mol. The summed E-state index contributed by atoms with van der Waals surface area (Å²) in [5, 5.41) is 3.84. The summed E-state index contributed by atoms with van der Waals surface area (Å²) < 4.78 is 24.9. The van der Waals surface area contributed by atoms with Gasteiger partial charge in [0.2, 0.25) is 5.91 Å². The van der Waals surface area contributed by atoms with Gasteiger partial charge in [0.05, 0.1) is 15.5 Å². The summed E-state index contributed by atoms with van der Waals surface area (Å²) in [6.07, 6.45) is 2.98. The molecule has 0 spiro atoms. The maximum atomic E-state index is 12.5. The second kappa shape index (κ2) is 6.81. The van der Waals surface area contributed by atoms with Crippen molar-refractivity contribution in [2.24, 2.45) is 5.92 Å². The lowest BCUT2D eigenvalue weighted by molar-refractivity contribution is -0.126. The maximum Gasteiger partial charge on any atom is 0.225 e. The highest BCUT2D eigenvalue weighted by Gasteiger charge is 2.29. The number of benzene rings is 1. The molecule has 0 saturated carbocycles. The molecule has 1 aromatic heterocycles. The fraction of sp³-hybridized carbons (Fsp3) is 0.556. The van der Waals surface area contributed by atoms with Gasteiger partial charge in [-0.25, -0.2) is 13.4 Å². The number of nitrogens with zero attached hydrogens (tertiary/aromatic N) is 2. The minimum atomic E-state index is -3.33. The van der Waals surface area contributed by atoms with Gasteiger partial charge in [-0.3, -0.25) is 4.79 Å². The zero-order chi connectivity index (χ0) is 19.1. The van der Waals surface area contributed by atoms with Crippen molar-refractivity contribution in [3.63, 3.8) is 0 Å². The normalized spacial score (nSPS) is 18.9. The molecule has 2 aromatic rings. The van der Waals surface area contributed by atoms with E-state index in [1.54, 1.807) is 12.1 Å². The summed E-state index contributed by atoms with van der Waals surface area (Å²) in [6.45, 7) is 7.37. The quantitative estimate of drug-likeness (QED) is 0.864. The molecule has 1 amide bonds. The molecule has 1 saturated heterocycles. The van der Waals surface area contributed by atoms with E-state index in [2.05, 4.69) is 15.2 Å². The Morgan fingerprint density at radius 3 is 2.73 bits per heavy atom. The molecule has 0 radical (unpaired) electrons. The van der Waals surface area contributed by atoms with Crippen LogP contribution in [0, 0.1) is 5.92 Å². The molecule has 8 heteroatoms. The topological polar surface area (TPSA) is 79.4 Å². The van der Waals surface area contributed by atoms with Crippen molar-refractivity contribution in [1.82, 2.24) is 10.3 Å². The summed E-state index contributed by atoms with van der Waals surface area (Å²) in [5.41, 5.74) is 0.274. The van der Waals surface area contributed by atoms with Crippen molar-refractivity contribution in [1.29, 1.82) is 0 Å². The van der Waals surface area contributed by atoms with Crippen LogP contribution in [-0.4, -0.2) is 44.2 Å². The van der Waals surface area contributed by atoms with Gasteiger partial charge < -0.3 is 10.2 Å². The van der Waals surface area contributed by atoms with Crippen LogP contribution in [0.25, 0.3) is 10.2 Å². The molecule has 142 valence electrons. The first-order valence-corrected chi connectivity index (χ1v) is 11.4. The molecule has 2 heterocycles. The van der Waals surface area contributed by atoms with Crippen molar-refractivity contribution >= 4 is 42.4 Å². The van der Waals surface area contributed by atoms with Crippen molar-refractivity contribution in [3.8, 4) is 0 Å². The number of amides is 1. The highest BCUT2D eigenvalue weighted by atomic mass is 32.2. The number of hydrogen-bond donors (Lipinski definition) is 1. The Morgan fingerprint density at radius 1 is 1.35 bits per heavy atom. The second-order valence-electron chi connectivity index (χ2n) is 7.90. The van der Waals surface area contributed by atoms with Crippen LogP contribution in [0.15, 0.2) is 23.1 Å². The highest BCUT2D eigenvalue weighted by molar-refractivity contribution is 7.91. The lowest BCUT2D eigenvalue weighted by atomic mass is 9.96. The van der Waals surface area contributed by atoms with E-state index in [1.807, 2.05) is 26.8 Å². The average Bonchev–Trinajstić information content (AvgIpc) is 2.96. The Hall–Kier alpha value is -1.67. The van der Waals surface area contributed by atoms with Gasteiger partial charge in [0.15, 0.2) is 15.0 Å². The first kappa shape index (κ1) is 19.1. The molecule has 3 rings (SSSR count). The summed E-state index contributed by atoms with van der Waals surface area (Å²) in [4.78, 5) is 19.5. The number of anilines is 1. The molecule has 1 N–H and O–H groups in total. The number of thiazole rings is 1. The third-order valence-electron chi connectivity index (χ3n) is 4.33. The fourth-order valence-electron chi connectivity index (χ4n) is 3.18. The maximum absolute atomic E-state index is 12.5. The second-order valence-corrected chi connectivity index (χ2v) is 10.9. The van der Waals surface area contributed by atoms with Gasteiger partial charge in [-0.1, -0.05) is 17.4 Å². The van der Waals surface area contributed by atoms with E-state index in [0.717, 1.165) is 29.2 Å². The van der Waals surface area contributed by atoms with Gasteiger partial charge in [-0.2, -0.15) is 0 Å². The first-order chi connectivity index (χ1) is 12.0. The van der Waals surface area contributed by atoms with Crippen LogP contribution in [0.3, 0.4) is 0 Å². The molecule has 1 unspecified atom stereocenters. The zero-order valence-electron chi connectivity index (χ0n) is 15.6. The number of fused-ring (bicyclic) bond motifs is 1. The van der Waals surface area contributed by atoms with E-state index in [0.29, 0.717) is 12.1 Å². The van der Waals surface area contributed by atoms with Crippen molar-refractivity contribution < 1.29 is 13.2 Å². The molecule has 1 aliphatic heterocycles. The summed E-state index contributed by atoms with van der Waals surface area (Å²) in [6, 6.07) is 5.23. The molecule has 26 heavy (non-hydrogen) atoms. The van der Waals surface area contributed by atoms with Crippen molar-refractivity contribution in [2.75, 3.05) is 24.2 Å². The van der Waals surface area contributed by atoms with Crippen LogP contribution in [-0.2, 0) is 14.6 Å². The Labute approximate surface area is 158 Å². The lowest BCUT2D eigenvalue weighted by Gasteiger charge is -2.33. The van der Waals surface area contributed by atoms with Gasteiger partial charge >= 0.3 is 0 Å². The Morgan fingerprint density at radius 2 is 2.08 bits per heavy atom. The number of para-hydroxylation sites is 1. The van der Waals surface area contributed by atoms with E-state index < -0.39 is 9.84 Å². The molecule has 6 nitrogen and oxygen atoms in total. The fourth-order valence-corrected chi connectivity index (χ4v) is 5.11. The van der Waals surface area contributed by atoms with E-state index in [1.165, 1.54) is 17.6 Å². The van der Waals surface area contributed by atoms with Crippen LogP contribution in [0.2, 0.25) is 0 Å². The zero-order valence-corrected chi connectivity index (χ0v) is 17.2. The van der Waals surface area contributed by atoms with Crippen LogP contribution >= 0.6 is 11.3 Å². The van der Waals surface area contributed by atoms with E-state index >= 15 is 0 Å². The summed E-state index contributed by atoms with van der Waals surface area (Å²) >= 11 is 1.48. The molecule has 1 fully saturated rings. The van der Waals surface area contributed by atoms with Gasteiger partial charge in [0, 0.05) is 24.9 Å². The first-order valence-electron chi connectivity index (χ1n) is 8.71. The lowest BCUT2D eigenvalue weighted by Crippen LogP contribution is -2.48. The average molecular weight is 396 g/mol. The summed E-state index contributed by atoms with van der Waals surface area (Å²) in [5.74, 6) is -0.00972. The number of nitrogens with one attached hydrogen (secondary N) is 1. The van der Waals surface area contributed by atoms with Gasteiger partial charge in [0.1, 0.15) is 5.52 Å². The Bertz CT molecular complexity index is 929. The molecule has 1 aliphatic rings. The SMILES string of the molecule is CC(C)(C)NC(=O)C1CCCN(c2nc3c(S(C)(=O)=O)cccc3s2)C1. The van der Waals surface area contributed by atoms with E-state index in [9.17, 15) is 13.2 Å². The van der Waals surface area contributed by atoms with Crippen LogP contribution in [0.1, 0.15) is 33.6 Å².